The first-order valence-corrected chi connectivity index (χ1v) is 9.75. The molecule has 134 valence electrons. The van der Waals surface area contributed by atoms with Crippen LogP contribution in [0.1, 0.15) is 18.4 Å². The number of anilines is 1. The SMILES string of the molecule is O=S(=O)(NCc1ccccc1)Nc1ccccc1OCC1CCCO1. The highest BCUT2D eigenvalue weighted by molar-refractivity contribution is 7.90. The van der Waals surface area contributed by atoms with E-state index in [4.69, 9.17) is 9.47 Å². The Kier molecular flexibility index (Phi) is 5.91. The summed E-state index contributed by atoms with van der Waals surface area (Å²) in [5.74, 6) is 0.489. The summed E-state index contributed by atoms with van der Waals surface area (Å²) in [5, 5.41) is 0. The van der Waals surface area contributed by atoms with Gasteiger partial charge in [-0.05, 0) is 30.5 Å². The maximum Gasteiger partial charge on any atom is 0.299 e. The van der Waals surface area contributed by atoms with Gasteiger partial charge >= 0.3 is 0 Å². The van der Waals surface area contributed by atoms with E-state index in [-0.39, 0.29) is 12.6 Å². The first kappa shape index (κ1) is 17.7. The minimum absolute atomic E-state index is 0.0702. The smallest absolute Gasteiger partial charge is 0.299 e. The molecule has 0 saturated carbocycles. The number of hydrogen-bond donors (Lipinski definition) is 2. The van der Waals surface area contributed by atoms with Gasteiger partial charge in [-0.2, -0.15) is 13.1 Å². The van der Waals surface area contributed by atoms with Crippen molar-refractivity contribution in [3.63, 3.8) is 0 Å². The van der Waals surface area contributed by atoms with Crippen molar-refractivity contribution in [2.75, 3.05) is 17.9 Å². The highest BCUT2D eigenvalue weighted by atomic mass is 32.2. The second kappa shape index (κ2) is 8.33. The molecule has 0 spiro atoms. The fourth-order valence-electron chi connectivity index (χ4n) is 2.59. The molecule has 1 atom stereocenters. The summed E-state index contributed by atoms with van der Waals surface area (Å²) in [6, 6.07) is 16.3. The molecular weight excluding hydrogens is 340 g/mol. The first-order chi connectivity index (χ1) is 12.1. The van der Waals surface area contributed by atoms with Crippen molar-refractivity contribution in [2.24, 2.45) is 0 Å². The number of benzene rings is 2. The van der Waals surface area contributed by atoms with Gasteiger partial charge in [-0.1, -0.05) is 42.5 Å². The standard InChI is InChI=1S/C18H22N2O4S/c21-25(22,19-13-15-7-2-1-3-8-15)20-17-10-4-5-11-18(17)24-14-16-9-6-12-23-16/h1-5,7-8,10-11,16,19-20H,6,9,12-14H2. The van der Waals surface area contributed by atoms with E-state index in [1.807, 2.05) is 30.3 Å². The molecule has 2 N–H and O–H groups in total. The number of nitrogens with one attached hydrogen (secondary N) is 2. The number of rotatable bonds is 8. The predicted molar refractivity (Wildman–Crippen MR) is 96.7 cm³/mol. The third kappa shape index (κ3) is 5.45. The van der Waals surface area contributed by atoms with Crippen LogP contribution in [0.15, 0.2) is 54.6 Å². The largest absolute Gasteiger partial charge is 0.489 e. The van der Waals surface area contributed by atoms with Crippen molar-refractivity contribution in [3.05, 3.63) is 60.2 Å². The van der Waals surface area contributed by atoms with Crippen molar-refractivity contribution < 1.29 is 17.9 Å². The van der Waals surface area contributed by atoms with Gasteiger partial charge in [0.15, 0.2) is 0 Å². The summed E-state index contributed by atoms with van der Waals surface area (Å²) in [6.07, 6.45) is 2.07. The van der Waals surface area contributed by atoms with E-state index in [0.29, 0.717) is 18.0 Å². The topological polar surface area (TPSA) is 76.7 Å². The molecule has 7 heteroatoms. The van der Waals surface area contributed by atoms with Gasteiger partial charge in [0.05, 0.1) is 11.8 Å². The predicted octanol–water partition coefficient (Wildman–Crippen LogP) is 2.69. The zero-order valence-electron chi connectivity index (χ0n) is 13.9. The van der Waals surface area contributed by atoms with Crippen LogP contribution in [-0.2, 0) is 21.5 Å². The molecule has 1 unspecified atom stereocenters. The summed E-state index contributed by atoms with van der Waals surface area (Å²) >= 11 is 0. The second-order valence-corrected chi connectivity index (χ2v) is 7.35. The van der Waals surface area contributed by atoms with Crippen LogP contribution in [0.2, 0.25) is 0 Å². The molecule has 0 radical (unpaired) electrons. The second-order valence-electron chi connectivity index (χ2n) is 5.85. The van der Waals surface area contributed by atoms with E-state index >= 15 is 0 Å². The molecule has 1 saturated heterocycles. The summed E-state index contributed by atoms with van der Waals surface area (Å²) in [6.45, 7) is 1.39. The molecule has 2 aromatic rings. The van der Waals surface area contributed by atoms with Crippen LogP contribution >= 0.6 is 0 Å². The lowest BCUT2D eigenvalue weighted by Gasteiger charge is -2.16. The highest BCUT2D eigenvalue weighted by Crippen LogP contribution is 2.25. The number of para-hydroxylation sites is 2. The quantitative estimate of drug-likeness (QED) is 0.757. The van der Waals surface area contributed by atoms with Crippen LogP contribution in [-0.4, -0.2) is 27.7 Å². The van der Waals surface area contributed by atoms with Gasteiger partial charge in [-0.15, -0.1) is 0 Å². The van der Waals surface area contributed by atoms with E-state index in [1.54, 1.807) is 24.3 Å². The van der Waals surface area contributed by atoms with E-state index in [9.17, 15) is 8.42 Å². The molecule has 0 amide bonds. The van der Waals surface area contributed by atoms with E-state index in [2.05, 4.69) is 9.44 Å². The molecule has 1 aliphatic heterocycles. The molecule has 0 aromatic heterocycles. The van der Waals surface area contributed by atoms with Gasteiger partial charge in [0.1, 0.15) is 12.4 Å². The molecular formula is C18H22N2O4S. The average molecular weight is 362 g/mol. The van der Waals surface area contributed by atoms with Crippen LogP contribution in [0.3, 0.4) is 0 Å². The number of hydrogen-bond acceptors (Lipinski definition) is 4. The van der Waals surface area contributed by atoms with Crippen LogP contribution in [0.4, 0.5) is 5.69 Å². The Morgan fingerprint density at radius 1 is 1.08 bits per heavy atom. The lowest BCUT2D eigenvalue weighted by atomic mass is 10.2. The zero-order valence-corrected chi connectivity index (χ0v) is 14.7. The number of ether oxygens (including phenoxy) is 2. The van der Waals surface area contributed by atoms with E-state index in [0.717, 1.165) is 25.0 Å². The van der Waals surface area contributed by atoms with Crippen LogP contribution in [0.25, 0.3) is 0 Å². The first-order valence-electron chi connectivity index (χ1n) is 8.27. The Balaban J connectivity index is 1.60. The molecule has 2 aromatic carbocycles. The summed E-state index contributed by atoms with van der Waals surface area (Å²) < 4.78 is 40.9. The third-order valence-corrected chi connectivity index (χ3v) is 4.90. The Hall–Kier alpha value is -2.09. The molecule has 25 heavy (non-hydrogen) atoms. The minimum Gasteiger partial charge on any atom is -0.489 e. The molecule has 3 rings (SSSR count). The van der Waals surface area contributed by atoms with E-state index in [1.165, 1.54) is 0 Å². The van der Waals surface area contributed by atoms with Crippen LogP contribution in [0.5, 0.6) is 5.75 Å². The Morgan fingerprint density at radius 3 is 2.60 bits per heavy atom. The molecule has 1 heterocycles. The van der Waals surface area contributed by atoms with Crippen molar-refractivity contribution in [1.82, 2.24) is 4.72 Å². The van der Waals surface area contributed by atoms with Gasteiger partial charge in [-0.3, -0.25) is 4.72 Å². The lowest BCUT2D eigenvalue weighted by Crippen LogP contribution is -2.30. The van der Waals surface area contributed by atoms with Crippen molar-refractivity contribution in [1.29, 1.82) is 0 Å². The summed E-state index contributed by atoms with van der Waals surface area (Å²) in [7, 11) is -3.70. The van der Waals surface area contributed by atoms with Gasteiger partial charge < -0.3 is 9.47 Å². The summed E-state index contributed by atoms with van der Waals surface area (Å²) in [5.41, 5.74) is 1.29. The van der Waals surface area contributed by atoms with Gasteiger partial charge in [0.25, 0.3) is 10.2 Å². The molecule has 1 aliphatic rings. The van der Waals surface area contributed by atoms with E-state index < -0.39 is 10.2 Å². The van der Waals surface area contributed by atoms with Crippen LogP contribution in [0, 0.1) is 0 Å². The lowest BCUT2D eigenvalue weighted by molar-refractivity contribution is 0.0682. The maximum atomic E-state index is 12.3. The van der Waals surface area contributed by atoms with Gasteiger partial charge in [0, 0.05) is 13.2 Å². The molecule has 0 bridgehead atoms. The monoisotopic (exact) mass is 362 g/mol. The zero-order chi connectivity index (χ0) is 17.5. The molecule has 6 nitrogen and oxygen atoms in total. The van der Waals surface area contributed by atoms with Crippen molar-refractivity contribution in [2.45, 2.75) is 25.5 Å². The van der Waals surface area contributed by atoms with Crippen LogP contribution < -0.4 is 14.2 Å². The van der Waals surface area contributed by atoms with Gasteiger partial charge in [-0.25, -0.2) is 0 Å². The Morgan fingerprint density at radius 2 is 1.84 bits per heavy atom. The average Bonchev–Trinajstić information content (AvgIpc) is 3.14. The van der Waals surface area contributed by atoms with Gasteiger partial charge in [0.2, 0.25) is 0 Å². The maximum absolute atomic E-state index is 12.3. The molecule has 0 aliphatic carbocycles. The van der Waals surface area contributed by atoms with Crippen molar-refractivity contribution in [3.8, 4) is 5.75 Å². The van der Waals surface area contributed by atoms with Crippen molar-refractivity contribution >= 4 is 15.9 Å². The fraction of sp³-hybridized carbons (Fsp3) is 0.333. The minimum atomic E-state index is -3.70. The Bertz CT molecular complexity index is 775. The normalized spacial score (nSPS) is 17.4. The third-order valence-electron chi connectivity index (χ3n) is 3.89. The molecule has 1 fully saturated rings. The Labute approximate surface area is 148 Å². The summed E-state index contributed by atoms with van der Waals surface area (Å²) in [4.78, 5) is 0. The highest BCUT2D eigenvalue weighted by Gasteiger charge is 2.18. The fourth-order valence-corrected chi connectivity index (χ4v) is 3.48.